The van der Waals surface area contributed by atoms with Gasteiger partial charge in [-0.2, -0.15) is 0 Å². The average Bonchev–Trinajstić information content (AvgIpc) is 2.28. The molecule has 0 saturated carbocycles. The van der Waals surface area contributed by atoms with Crippen LogP contribution in [0.5, 0.6) is 0 Å². The van der Waals surface area contributed by atoms with Crippen molar-refractivity contribution in [2.24, 2.45) is 0 Å². The zero-order valence-electron chi connectivity index (χ0n) is 7.46. The van der Waals surface area contributed by atoms with E-state index in [-0.39, 0.29) is 11.8 Å². The van der Waals surface area contributed by atoms with E-state index in [4.69, 9.17) is 0 Å². The van der Waals surface area contributed by atoms with E-state index in [1.807, 2.05) is 19.8 Å². The van der Waals surface area contributed by atoms with E-state index in [2.05, 4.69) is 0 Å². The van der Waals surface area contributed by atoms with E-state index in [0.717, 1.165) is 5.57 Å². The lowest BCUT2D eigenvalue weighted by Crippen LogP contribution is -2.31. The van der Waals surface area contributed by atoms with Crippen LogP contribution in [0, 0.1) is 0 Å². The van der Waals surface area contributed by atoms with Crippen LogP contribution < -0.4 is 0 Å². The Balaban J connectivity index is 2.56. The Hall–Kier alpha value is -1.06. The third-order valence-electron chi connectivity index (χ3n) is 1.84. The van der Waals surface area contributed by atoms with Crippen molar-refractivity contribution in [3.8, 4) is 0 Å². The van der Waals surface area contributed by atoms with Crippen LogP contribution in [0.1, 0.15) is 26.7 Å². The molecular weight excluding hydrogens is 153 g/mol. The van der Waals surface area contributed by atoms with Gasteiger partial charge in [-0.3, -0.25) is 9.59 Å². The molecule has 0 spiro atoms. The van der Waals surface area contributed by atoms with Gasteiger partial charge in [-0.1, -0.05) is 11.5 Å². The molecular formula is C8H12BNO2. The summed E-state index contributed by atoms with van der Waals surface area (Å²) in [6.45, 7) is 3.90. The van der Waals surface area contributed by atoms with Crippen LogP contribution in [-0.2, 0) is 9.59 Å². The number of amides is 2. The molecule has 3 nitrogen and oxygen atoms in total. The summed E-state index contributed by atoms with van der Waals surface area (Å²) in [6, 6.07) is 0. The highest BCUT2D eigenvalue weighted by Crippen LogP contribution is 2.10. The lowest BCUT2D eigenvalue weighted by Gasteiger charge is -2.09. The molecule has 0 aliphatic carbocycles. The molecule has 1 rings (SSSR count). The molecule has 1 heterocycles. The lowest BCUT2D eigenvalue weighted by molar-refractivity contribution is -0.132. The van der Waals surface area contributed by atoms with Gasteiger partial charge < -0.3 is 4.81 Å². The number of hydrogen-bond acceptors (Lipinski definition) is 2. The Labute approximate surface area is 72.7 Å². The molecule has 0 bridgehead atoms. The first-order valence-corrected chi connectivity index (χ1v) is 4.08. The van der Waals surface area contributed by atoms with Gasteiger partial charge in [0.1, 0.15) is 0 Å². The molecule has 2 amide bonds. The van der Waals surface area contributed by atoms with Crippen molar-refractivity contribution in [1.82, 2.24) is 4.81 Å². The lowest BCUT2D eigenvalue weighted by atomic mass is 9.89. The summed E-state index contributed by atoms with van der Waals surface area (Å²) in [5.41, 5.74) is 1.13. The summed E-state index contributed by atoms with van der Waals surface area (Å²) in [5, 5.41) is 0. The maximum atomic E-state index is 11.1. The third kappa shape index (κ3) is 1.97. The minimum Gasteiger partial charge on any atom is -0.328 e. The van der Waals surface area contributed by atoms with E-state index >= 15 is 0 Å². The highest BCUT2D eigenvalue weighted by Gasteiger charge is 2.27. The van der Waals surface area contributed by atoms with Gasteiger partial charge in [-0.05, 0) is 13.8 Å². The first-order valence-electron chi connectivity index (χ1n) is 4.08. The van der Waals surface area contributed by atoms with Crippen molar-refractivity contribution >= 4 is 19.2 Å². The van der Waals surface area contributed by atoms with Crippen molar-refractivity contribution in [2.75, 3.05) is 0 Å². The van der Waals surface area contributed by atoms with E-state index in [1.165, 1.54) is 4.81 Å². The zero-order valence-corrected chi connectivity index (χ0v) is 7.46. The maximum absolute atomic E-state index is 11.1. The van der Waals surface area contributed by atoms with E-state index in [1.54, 1.807) is 0 Å². The minimum absolute atomic E-state index is 0.0440. The van der Waals surface area contributed by atoms with Crippen LogP contribution in [0.15, 0.2) is 11.5 Å². The summed E-state index contributed by atoms with van der Waals surface area (Å²) in [6.07, 6.45) is 0.769. The van der Waals surface area contributed by atoms with Crippen molar-refractivity contribution < 1.29 is 9.59 Å². The molecule has 64 valence electrons. The fourth-order valence-corrected chi connectivity index (χ4v) is 1.10. The molecule has 4 heteroatoms. The van der Waals surface area contributed by atoms with E-state index in [0.29, 0.717) is 20.3 Å². The Morgan fingerprint density at radius 3 is 2.25 bits per heavy atom. The molecule has 0 unspecified atom stereocenters. The van der Waals surface area contributed by atoms with Crippen LogP contribution in [0.2, 0.25) is 0 Å². The van der Waals surface area contributed by atoms with Crippen molar-refractivity contribution in [2.45, 2.75) is 26.7 Å². The normalized spacial score (nSPS) is 16.7. The zero-order chi connectivity index (χ0) is 9.14. The second-order valence-electron chi connectivity index (χ2n) is 3.18. The number of rotatable bonds is 2. The summed E-state index contributed by atoms with van der Waals surface area (Å²) in [7, 11) is 0.444. The SMILES string of the molecule is CC(C)=CBN1C(=O)CCC1=O. The average molecular weight is 165 g/mol. The Kier molecular flexibility index (Phi) is 2.68. The molecule has 0 aromatic heterocycles. The summed E-state index contributed by atoms with van der Waals surface area (Å²) in [4.78, 5) is 23.5. The van der Waals surface area contributed by atoms with Gasteiger partial charge in [0.05, 0.1) is 0 Å². The highest BCUT2D eigenvalue weighted by atomic mass is 16.2. The van der Waals surface area contributed by atoms with Crippen LogP contribution >= 0.6 is 0 Å². The molecule has 0 N–H and O–H groups in total. The second kappa shape index (κ2) is 3.56. The topological polar surface area (TPSA) is 37.4 Å². The van der Waals surface area contributed by atoms with Gasteiger partial charge in [-0.15, -0.1) is 0 Å². The molecule has 0 aromatic rings. The second-order valence-corrected chi connectivity index (χ2v) is 3.18. The standard InChI is InChI=1S/C8H12BNO2/c1-6(2)5-9-10-7(11)3-4-8(10)12/h5,9H,3-4H2,1-2H3. The summed E-state index contributed by atoms with van der Waals surface area (Å²) < 4.78 is 0. The molecule has 1 fully saturated rings. The smallest absolute Gasteiger partial charge is 0.275 e. The van der Waals surface area contributed by atoms with E-state index < -0.39 is 0 Å². The predicted molar refractivity (Wildman–Crippen MR) is 47.7 cm³/mol. The van der Waals surface area contributed by atoms with Gasteiger partial charge >= 0.3 is 0 Å². The molecule has 0 aromatic carbocycles. The van der Waals surface area contributed by atoms with Gasteiger partial charge in [0, 0.05) is 12.8 Å². The summed E-state index contributed by atoms with van der Waals surface area (Å²) in [5.74, 6) is 1.80. The molecule has 0 radical (unpaired) electrons. The molecule has 1 saturated heterocycles. The number of nitrogens with zero attached hydrogens (tertiary/aromatic N) is 1. The van der Waals surface area contributed by atoms with Crippen LogP contribution in [0.3, 0.4) is 0 Å². The van der Waals surface area contributed by atoms with Crippen LogP contribution in [0.25, 0.3) is 0 Å². The molecule has 0 atom stereocenters. The number of carbonyl (C=O) groups is 2. The van der Waals surface area contributed by atoms with Gasteiger partial charge in [0.25, 0.3) is 7.41 Å². The van der Waals surface area contributed by atoms with Gasteiger partial charge in [-0.25, -0.2) is 0 Å². The highest BCUT2D eigenvalue weighted by molar-refractivity contribution is 6.48. The number of imide groups is 1. The monoisotopic (exact) mass is 165 g/mol. The molecule has 1 aliphatic heterocycles. The predicted octanol–water partition coefficient (Wildman–Crippen LogP) is 0.411. The molecule has 12 heavy (non-hydrogen) atoms. The third-order valence-corrected chi connectivity index (χ3v) is 1.84. The van der Waals surface area contributed by atoms with Gasteiger partial charge in [0.2, 0.25) is 11.8 Å². The van der Waals surface area contributed by atoms with Crippen molar-refractivity contribution in [3.63, 3.8) is 0 Å². The largest absolute Gasteiger partial charge is 0.328 e. The number of carbonyl (C=O) groups excluding carboxylic acids is 2. The summed E-state index contributed by atoms with van der Waals surface area (Å²) >= 11 is 0. The van der Waals surface area contributed by atoms with Crippen LogP contribution in [0.4, 0.5) is 0 Å². The Bertz CT molecular complexity index is 227. The Morgan fingerprint density at radius 2 is 1.83 bits per heavy atom. The number of allylic oxidation sites excluding steroid dienone is 1. The quantitative estimate of drug-likeness (QED) is 0.439. The Morgan fingerprint density at radius 1 is 1.33 bits per heavy atom. The van der Waals surface area contributed by atoms with Gasteiger partial charge in [0.15, 0.2) is 0 Å². The fourth-order valence-electron chi connectivity index (χ4n) is 1.10. The fraction of sp³-hybridized carbons (Fsp3) is 0.500. The first-order chi connectivity index (χ1) is 5.61. The maximum Gasteiger partial charge on any atom is 0.275 e. The van der Waals surface area contributed by atoms with Crippen molar-refractivity contribution in [3.05, 3.63) is 11.5 Å². The van der Waals surface area contributed by atoms with Crippen LogP contribution in [-0.4, -0.2) is 24.0 Å². The number of hydrogen-bond donors (Lipinski definition) is 0. The minimum atomic E-state index is -0.0440. The molecule has 1 aliphatic rings. The van der Waals surface area contributed by atoms with E-state index in [9.17, 15) is 9.59 Å². The van der Waals surface area contributed by atoms with Crippen molar-refractivity contribution in [1.29, 1.82) is 0 Å². The first kappa shape index (κ1) is 9.04.